The lowest BCUT2D eigenvalue weighted by Crippen LogP contribution is -2.39. The van der Waals surface area contributed by atoms with Crippen LogP contribution in [0.15, 0.2) is 12.3 Å². The van der Waals surface area contributed by atoms with Crippen LogP contribution in [0, 0.1) is 0 Å². The van der Waals surface area contributed by atoms with E-state index in [0.717, 1.165) is 0 Å². The number of hydrogen-bond acceptors (Lipinski definition) is 3. The molecule has 1 amide bonds. The van der Waals surface area contributed by atoms with E-state index in [1.165, 1.54) is 0 Å². The molecule has 23 heavy (non-hydrogen) atoms. The molecule has 2 rings (SSSR count). The van der Waals surface area contributed by atoms with Crippen LogP contribution in [0.1, 0.15) is 12.0 Å². The van der Waals surface area contributed by atoms with Crippen LogP contribution >= 0.6 is 11.6 Å². The first-order valence-electron chi connectivity index (χ1n) is 6.32. The maximum Gasteiger partial charge on any atom is 0.417 e. The number of alkyl halides is 6. The molecule has 0 saturated carbocycles. The molecule has 1 N–H and O–H groups in total. The van der Waals surface area contributed by atoms with Crippen LogP contribution in [0.4, 0.5) is 32.2 Å². The molecule has 0 bridgehead atoms. The number of halogens is 7. The van der Waals surface area contributed by atoms with E-state index in [0.29, 0.717) is 17.2 Å². The molecule has 0 spiro atoms. The number of nitrogens with one attached hydrogen (secondary N) is 1. The van der Waals surface area contributed by atoms with E-state index in [2.05, 4.69) is 10.3 Å². The summed E-state index contributed by atoms with van der Waals surface area (Å²) in [5.41, 5.74) is -1.07. The number of amides is 1. The number of carbonyl (C=O) groups excluding carboxylic acids is 1. The maximum absolute atomic E-state index is 12.5. The van der Waals surface area contributed by atoms with Crippen LogP contribution < -0.4 is 5.32 Å². The first-order valence-corrected chi connectivity index (χ1v) is 6.70. The quantitative estimate of drug-likeness (QED) is 0.840. The van der Waals surface area contributed by atoms with Crippen molar-refractivity contribution < 1.29 is 31.1 Å². The minimum Gasteiger partial charge on any atom is -0.357 e. The van der Waals surface area contributed by atoms with Crippen LogP contribution in [-0.2, 0) is 11.0 Å². The van der Waals surface area contributed by atoms with E-state index < -0.39 is 36.4 Å². The summed E-state index contributed by atoms with van der Waals surface area (Å²) < 4.78 is 74.4. The fraction of sp³-hybridized carbons (Fsp3) is 0.500. The van der Waals surface area contributed by atoms with Crippen molar-refractivity contribution in [2.75, 3.05) is 18.4 Å². The SMILES string of the molecule is O=C1C(Nc2ncc(C(F)(F)F)cc2Cl)CCN1CC(F)(F)F. The van der Waals surface area contributed by atoms with Gasteiger partial charge in [-0.2, -0.15) is 26.3 Å². The lowest BCUT2D eigenvalue weighted by molar-refractivity contribution is -0.157. The molecule has 1 unspecified atom stereocenters. The Bertz CT molecular complexity index is 603. The number of rotatable bonds is 3. The zero-order chi connectivity index (χ0) is 17.4. The lowest BCUT2D eigenvalue weighted by Gasteiger charge is -2.19. The molecular weight excluding hydrogens is 352 g/mol. The highest BCUT2D eigenvalue weighted by atomic mass is 35.5. The number of hydrogen-bond donors (Lipinski definition) is 1. The summed E-state index contributed by atoms with van der Waals surface area (Å²) in [5.74, 6) is -0.994. The topological polar surface area (TPSA) is 45.2 Å². The second-order valence-electron chi connectivity index (χ2n) is 4.91. The summed E-state index contributed by atoms with van der Waals surface area (Å²) in [6.45, 7) is -1.49. The number of aromatic nitrogens is 1. The first-order chi connectivity index (χ1) is 10.5. The molecule has 1 aliphatic rings. The molecule has 1 saturated heterocycles. The first kappa shape index (κ1) is 17.6. The molecule has 0 aliphatic carbocycles. The van der Waals surface area contributed by atoms with Crippen molar-refractivity contribution in [3.63, 3.8) is 0 Å². The van der Waals surface area contributed by atoms with Crippen LogP contribution in [-0.4, -0.2) is 41.1 Å². The van der Waals surface area contributed by atoms with Gasteiger partial charge in [-0.05, 0) is 12.5 Å². The van der Waals surface area contributed by atoms with Gasteiger partial charge in [0.2, 0.25) is 5.91 Å². The monoisotopic (exact) mass is 361 g/mol. The van der Waals surface area contributed by atoms with Crippen molar-refractivity contribution in [1.82, 2.24) is 9.88 Å². The molecule has 1 fully saturated rings. The van der Waals surface area contributed by atoms with Crippen LogP contribution in [0.5, 0.6) is 0 Å². The second-order valence-corrected chi connectivity index (χ2v) is 5.32. The van der Waals surface area contributed by atoms with Crippen molar-refractivity contribution >= 4 is 23.3 Å². The van der Waals surface area contributed by atoms with Gasteiger partial charge in [-0.25, -0.2) is 4.98 Å². The highest BCUT2D eigenvalue weighted by Gasteiger charge is 2.39. The van der Waals surface area contributed by atoms with Crippen LogP contribution in [0.2, 0.25) is 5.02 Å². The van der Waals surface area contributed by atoms with Gasteiger partial charge in [0.25, 0.3) is 0 Å². The standard InChI is InChI=1S/C12H10ClF6N3O/c13-7-3-6(12(17,18)19)4-20-9(7)21-8-1-2-22(10(8)23)5-11(14,15)16/h3-4,8H,1-2,5H2,(H,20,21). The van der Waals surface area contributed by atoms with Crippen molar-refractivity contribution in [3.8, 4) is 0 Å². The third kappa shape index (κ3) is 4.40. The average Bonchev–Trinajstić information content (AvgIpc) is 2.70. The molecule has 128 valence electrons. The Morgan fingerprint density at radius 1 is 1.30 bits per heavy atom. The Kier molecular flexibility index (Phi) is 4.65. The van der Waals surface area contributed by atoms with E-state index in [9.17, 15) is 31.1 Å². The minimum atomic E-state index is -4.62. The molecule has 2 heterocycles. The zero-order valence-electron chi connectivity index (χ0n) is 11.3. The van der Waals surface area contributed by atoms with Crippen molar-refractivity contribution in [3.05, 3.63) is 22.8 Å². The van der Waals surface area contributed by atoms with Gasteiger partial charge in [-0.3, -0.25) is 4.79 Å². The predicted molar refractivity (Wildman–Crippen MR) is 68.9 cm³/mol. The third-order valence-corrected chi connectivity index (χ3v) is 3.44. The molecule has 1 aromatic rings. The molecule has 11 heteroatoms. The van der Waals surface area contributed by atoms with Gasteiger partial charge < -0.3 is 10.2 Å². The molecule has 1 aliphatic heterocycles. The summed E-state index contributed by atoms with van der Waals surface area (Å²) in [6, 6.07) is -0.386. The summed E-state index contributed by atoms with van der Waals surface area (Å²) in [5, 5.41) is 2.11. The Morgan fingerprint density at radius 3 is 2.48 bits per heavy atom. The summed E-state index contributed by atoms with van der Waals surface area (Å²) in [6.07, 6.45) is -8.55. The predicted octanol–water partition coefficient (Wildman–Crippen LogP) is 3.33. The lowest BCUT2D eigenvalue weighted by atomic mass is 10.2. The van der Waals surface area contributed by atoms with Gasteiger partial charge in [0.15, 0.2) is 0 Å². The maximum atomic E-state index is 12.5. The number of carbonyl (C=O) groups is 1. The summed E-state index contributed by atoms with van der Waals surface area (Å²) in [4.78, 5) is 15.9. The molecule has 0 radical (unpaired) electrons. The summed E-state index contributed by atoms with van der Waals surface area (Å²) >= 11 is 5.67. The van der Waals surface area contributed by atoms with Gasteiger partial charge in [-0.15, -0.1) is 0 Å². The fourth-order valence-electron chi connectivity index (χ4n) is 2.11. The molecule has 1 atom stereocenters. The highest BCUT2D eigenvalue weighted by Crippen LogP contribution is 2.33. The van der Waals surface area contributed by atoms with E-state index in [4.69, 9.17) is 11.6 Å². The van der Waals surface area contributed by atoms with Gasteiger partial charge in [0, 0.05) is 12.7 Å². The summed E-state index contributed by atoms with van der Waals surface area (Å²) in [7, 11) is 0. The minimum absolute atomic E-state index is 0.0634. The largest absolute Gasteiger partial charge is 0.417 e. The van der Waals surface area contributed by atoms with E-state index in [1.807, 2.05) is 0 Å². The Hall–Kier alpha value is -1.71. The Morgan fingerprint density at radius 2 is 1.96 bits per heavy atom. The van der Waals surface area contributed by atoms with Crippen molar-refractivity contribution in [2.45, 2.75) is 24.8 Å². The third-order valence-electron chi connectivity index (χ3n) is 3.15. The zero-order valence-corrected chi connectivity index (χ0v) is 12.1. The molecule has 0 aromatic carbocycles. The van der Waals surface area contributed by atoms with E-state index >= 15 is 0 Å². The number of likely N-dealkylation sites (tertiary alicyclic amines) is 1. The van der Waals surface area contributed by atoms with Gasteiger partial charge >= 0.3 is 12.4 Å². The van der Waals surface area contributed by atoms with Crippen molar-refractivity contribution in [2.24, 2.45) is 0 Å². The number of nitrogens with zero attached hydrogens (tertiary/aromatic N) is 2. The number of anilines is 1. The molecule has 1 aromatic heterocycles. The fourth-order valence-corrected chi connectivity index (χ4v) is 2.33. The number of pyridine rings is 1. The van der Waals surface area contributed by atoms with Gasteiger partial charge in [0.05, 0.1) is 10.6 Å². The smallest absolute Gasteiger partial charge is 0.357 e. The second kappa shape index (κ2) is 6.06. The van der Waals surface area contributed by atoms with Crippen LogP contribution in [0.3, 0.4) is 0 Å². The normalized spacial score (nSPS) is 19.3. The van der Waals surface area contributed by atoms with Gasteiger partial charge in [-0.1, -0.05) is 11.6 Å². The van der Waals surface area contributed by atoms with Crippen molar-refractivity contribution in [1.29, 1.82) is 0 Å². The Balaban J connectivity index is 2.07. The molecule has 4 nitrogen and oxygen atoms in total. The molecular formula is C12H10ClF6N3O. The van der Waals surface area contributed by atoms with Crippen LogP contribution in [0.25, 0.3) is 0 Å². The van der Waals surface area contributed by atoms with E-state index in [-0.39, 0.29) is 23.8 Å². The highest BCUT2D eigenvalue weighted by molar-refractivity contribution is 6.33. The average molecular weight is 362 g/mol. The Labute approximate surface area is 131 Å². The van der Waals surface area contributed by atoms with E-state index in [1.54, 1.807) is 0 Å². The van der Waals surface area contributed by atoms with Gasteiger partial charge in [0.1, 0.15) is 18.4 Å².